The Morgan fingerprint density at radius 1 is 1.29 bits per heavy atom. The van der Waals surface area contributed by atoms with Crippen LogP contribution in [0.1, 0.15) is 35.8 Å². The topological polar surface area (TPSA) is 70.3 Å². The molecule has 0 N–H and O–H groups in total. The first-order valence-corrected chi connectivity index (χ1v) is 7.33. The summed E-state index contributed by atoms with van der Waals surface area (Å²) in [5, 5.41) is 4.09. The van der Waals surface area contributed by atoms with Gasteiger partial charge in [0.25, 0.3) is 5.89 Å². The first-order chi connectivity index (χ1) is 10.3. The molecule has 21 heavy (non-hydrogen) atoms. The molecule has 3 heterocycles. The molecule has 1 aliphatic carbocycles. The van der Waals surface area contributed by atoms with Gasteiger partial charge in [0.1, 0.15) is 5.56 Å². The summed E-state index contributed by atoms with van der Waals surface area (Å²) in [7, 11) is 1.62. The van der Waals surface area contributed by atoms with Crippen molar-refractivity contribution in [3.63, 3.8) is 0 Å². The molecule has 2 aromatic rings. The summed E-state index contributed by atoms with van der Waals surface area (Å²) in [5.74, 6) is 1.99. The highest BCUT2D eigenvalue weighted by Gasteiger charge is 2.26. The third kappa shape index (κ3) is 2.19. The molecule has 0 bridgehead atoms. The van der Waals surface area contributed by atoms with Gasteiger partial charge in [0.05, 0.1) is 13.7 Å². The Hall–Kier alpha value is -1.95. The van der Waals surface area contributed by atoms with Crippen molar-refractivity contribution in [3.8, 4) is 17.3 Å². The summed E-state index contributed by atoms with van der Waals surface area (Å²) >= 11 is 0. The Balaban J connectivity index is 1.72. The fourth-order valence-corrected chi connectivity index (χ4v) is 3.01. The second-order valence-corrected chi connectivity index (χ2v) is 5.52. The minimum Gasteiger partial charge on any atom is -0.480 e. The summed E-state index contributed by atoms with van der Waals surface area (Å²) in [5.41, 5.74) is 3.17. The van der Waals surface area contributed by atoms with Crippen molar-refractivity contribution in [3.05, 3.63) is 23.1 Å². The normalized spacial score (nSPS) is 20.7. The van der Waals surface area contributed by atoms with E-state index in [0.717, 1.165) is 43.5 Å². The third-order valence-corrected chi connectivity index (χ3v) is 4.18. The van der Waals surface area contributed by atoms with E-state index in [1.807, 2.05) is 0 Å². The van der Waals surface area contributed by atoms with Crippen LogP contribution < -0.4 is 4.74 Å². The molecule has 0 radical (unpaired) electrons. The lowest BCUT2D eigenvalue weighted by Gasteiger charge is -2.07. The standard InChI is InChI=1S/C15H17N3O3/c1-19-14-11(7-9-3-2-4-12(9)16-14)15-17-13(18-21-15)10-5-6-20-8-10/h7,10H,2-6,8H2,1H3/t10-/m1/s1. The van der Waals surface area contributed by atoms with Crippen molar-refractivity contribution in [2.75, 3.05) is 20.3 Å². The van der Waals surface area contributed by atoms with Crippen LogP contribution >= 0.6 is 0 Å². The van der Waals surface area contributed by atoms with Crippen molar-refractivity contribution < 1.29 is 14.0 Å². The van der Waals surface area contributed by atoms with Crippen LogP contribution in [0.2, 0.25) is 0 Å². The smallest absolute Gasteiger partial charge is 0.263 e. The highest BCUT2D eigenvalue weighted by Crippen LogP contribution is 2.33. The monoisotopic (exact) mass is 287 g/mol. The first kappa shape index (κ1) is 12.8. The van der Waals surface area contributed by atoms with E-state index in [-0.39, 0.29) is 5.92 Å². The van der Waals surface area contributed by atoms with Crippen LogP contribution in [0.25, 0.3) is 11.5 Å². The van der Waals surface area contributed by atoms with Crippen molar-refractivity contribution >= 4 is 0 Å². The van der Waals surface area contributed by atoms with E-state index in [2.05, 4.69) is 21.2 Å². The molecule has 2 aliphatic rings. The van der Waals surface area contributed by atoms with Gasteiger partial charge in [-0.2, -0.15) is 4.98 Å². The van der Waals surface area contributed by atoms with Gasteiger partial charge in [-0.05, 0) is 37.3 Å². The van der Waals surface area contributed by atoms with Crippen molar-refractivity contribution in [1.29, 1.82) is 0 Å². The zero-order chi connectivity index (χ0) is 14.2. The molecular weight excluding hydrogens is 270 g/mol. The lowest BCUT2D eigenvalue weighted by Crippen LogP contribution is -2.00. The van der Waals surface area contributed by atoms with Gasteiger partial charge in [0, 0.05) is 18.2 Å². The molecule has 6 heteroatoms. The summed E-state index contributed by atoms with van der Waals surface area (Å²) in [6, 6.07) is 2.08. The maximum Gasteiger partial charge on any atom is 0.263 e. The van der Waals surface area contributed by atoms with Crippen molar-refractivity contribution in [2.24, 2.45) is 0 Å². The average Bonchev–Trinajstić information content (AvgIpc) is 3.24. The van der Waals surface area contributed by atoms with E-state index in [9.17, 15) is 0 Å². The zero-order valence-corrected chi connectivity index (χ0v) is 12.0. The number of methoxy groups -OCH3 is 1. The molecule has 0 saturated carbocycles. The lowest BCUT2D eigenvalue weighted by atomic mass is 10.1. The molecule has 1 saturated heterocycles. The number of hydrogen-bond donors (Lipinski definition) is 0. The predicted octanol–water partition coefficient (Wildman–Crippen LogP) is 2.13. The van der Waals surface area contributed by atoms with Crippen LogP contribution in [-0.4, -0.2) is 35.4 Å². The fourth-order valence-electron chi connectivity index (χ4n) is 3.01. The summed E-state index contributed by atoms with van der Waals surface area (Å²) in [6.45, 7) is 1.43. The van der Waals surface area contributed by atoms with Crippen molar-refractivity contribution in [2.45, 2.75) is 31.6 Å². The number of pyridine rings is 1. The van der Waals surface area contributed by atoms with Crippen LogP contribution in [0, 0.1) is 0 Å². The minimum absolute atomic E-state index is 0.232. The SMILES string of the molecule is COc1nc2c(cc1-c1nc([C@@H]3CCOC3)no1)CCC2. The Morgan fingerprint density at radius 3 is 3.05 bits per heavy atom. The maximum absolute atomic E-state index is 5.43. The number of ether oxygens (including phenoxy) is 2. The Bertz CT molecular complexity index is 662. The number of nitrogens with zero attached hydrogens (tertiary/aromatic N) is 3. The van der Waals surface area contributed by atoms with Gasteiger partial charge in [0.15, 0.2) is 5.82 Å². The maximum atomic E-state index is 5.43. The molecule has 0 unspecified atom stereocenters. The Kier molecular flexibility index (Phi) is 3.11. The molecule has 2 aromatic heterocycles. The van der Waals surface area contributed by atoms with Crippen LogP contribution in [0.5, 0.6) is 5.88 Å². The van der Waals surface area contributed by atoms with E-state index >= 15 is 0 Å². The van der Waals surface area contributed by atoms with Gasteiger partial charge >= 0.3 is 0 Å². The molecule has 0 aromatic carbocycles. The van der Waals surface area contributed by atoms with E-state index in [4.69, 9.17) is 14.0 Å². The molecule has 0 amide bonds. The molecule has 4 rings (SSSR count). The lowest BCUT2D eigenvalue weighted by molar-refractivity contribution is 0.192. The first-order valence-electron chi connectivity index (χ1n) is 7.33. The van der Waals surface area contributed by atoms with Crippen LogP contribution in [0.4, 0.5) is 0 Å². The predicted molar refractivity (Wildman–Crippen MR) is 74.3 cm³/mol. The second-order valence-electron chi connectivity index (χ2n) is 5.52. The molecule has 1 fully saturated rings. The quantitative estimate of drug-likeness (QED) is 0.861. The van der Waals surface area contributed by atoms with E-state index < -0.39 is 0 Å². The number of hydrogen-bond acceptors (Lipinski definition) is 6. The summed E-state index contributed by atoms with van der Waals surface area (Å²) < 4.78 is 16.2. The molecule has 0 spiro atoms. The average molecular weight is 287 g/mol. The molecule has 1 atom stereocenters. The van der Waals surface area contributed by atoms with Crippen molar-refractivity contribution in [1.82, 2.24) is 15.1 Å². The highest BCUT2D eigenvalue weighted by atomic mass is 16.5. The molecule has 1 aliphatic heterocycles. The molecule has 110 valence electrons. The van der Waals surface area contributed by atoms with Gasteiger partial charge < -0.3 is 14.0 Å². The van der Waals surface area contributed by atoms with Crippen LogP contribution in [0.15, 0.2) is 10.6 Å². The van der Waals surface area contributed by atoms with E-state index in [1.165, 1.54) is 5.56 Å². The van der Waals surface area contributed by atoms with Crippen LogP contribution in [-0.2, 0) is 17.6 Å². The van der Waals surface area contributed by atoms with Gasteiger partial charge in [-0.1, -0.05) is 5.16 Å². The van der Waals surface area contributed by atoms with Gasteiger partial charge in [-0.25, -0.2) is 4.98 Å². The van der Waals surface area contributed by atoms with Crippen LogP contribution in [0.3, 0.4) is 0 Å². The highest BCUT2D eigenvalue weighted by molar-refractivity contribution is 5.62. The molecular formula is C15H17N3O3. The zero-order valence-electron chi connectivity index (χ0n) is 12.0. The number of fused-ring (bicyclic) bond motifs is 1. The fraction of sp³-hybridized carbons (Fsp3) is 0.533. The summed E-state index contributed by atoms with van der Waals surface area (Å²) in [6.07, 6.45) is 4.15. The number of aromatic nitrogens is 3. The Labute approximate surface area is 122 Å². The van der Waals surface area contributed by atoms with Gasteiger partial charge in [-0.3, -0.25) is 0 Å². The summed E-state index contributed by atoms with van der Waals surface area (Å²) in [4.78, 5) is 9.10. The number of aryl methyl sites for hydroxylation is 2. The minimum atomic E-state index is 0.232. The largest absolute Gasteiger partial charge is 0.480 e. The number of rotatable bonds is 3. The van der Waals surface area contributed by atoms with Gasteiger partial charge in [0.2, 0.25) is 5.88 Å². The Morgan fingerprint density at radius 2 is 2.24 bits per heavy atom. The third-order valence-electron chi connectivity index (χ3n) is 4.18. The second kappa shape index (κ2) is 5.11. The van der Waals surface area contributed by atoms with E-state index in [1.54, 1.807) is 7.11 Å². The molecule has 6 nitrogen and oxygen atoms in total. The van der Waals surface area contributed by atoms with E-state index in [0.29, 0.717) is 24.2 Å². The van der Waals surface area contributed by atoms with Gasteiger partial charge in [-0.15, -0.1) is 0 Å².